The fraction of sp³-hybridized carbons (Fsp3) is 0.156. The number of nitrogens with zero attached hydrogens (tertiary/aromatic N) is 3. The van der Waals surface area contributed by atoms with E-state index in [4.69, 9.17) is 14.5 Å². The van der Waals surface area contributed by atoms with Gasteiger partial charge in [-0.25, -0.2) is 4.98 Å². The Bertz CT molecular complexity index is 1620. The fourth-order valence-electron chi connectivity index (χ4n) is 4.49. The van der Waals surface area contributed by atoms with E-state index in [1.165, 1.54) is 0 Å². The maximum Gasteiger partial charge on any atom is 0.264 e. The number of anilines is 1. The molecule has 0 saturated carbocycles. The van der Waals surface area contributed by atoms with Gasteiger partial charge in [-0.2, -0.15) is 0 Å². The zero-order valence-corrected chi connectivity index (χ0v) is 21.7. The van der Waals surface area contributed by atoms with E-state index in [2.05, 4.69) is 0 Å². The summed E-state index contributed by atoms with van der Waals surface area (Å²) >= 11 is 0. The van der Waals surface area contributed by atoms with Crippen molar-refractivity contribution < 1.29 is 14.3 Å². The summed E-state index contributed by atoms with van der Waals surface area (Å²) < 4.78 is 12.7. The van der Waals surface area contributed by atoms with Gasteiger partial charge in [0.05, 0.1) is 18.0 Å². The first-order valence-corrected chi connectivity index (χ1v) is 12.8. The Morgan fingerprint density at radius 3 is 2.31 bits per heavy atom. The minimum atomic E-state index is -0.184. The molecule has 0 saturated heterocycles. The van der Waals surface area contributed by atoms with Gasteiger partial charge >= 0.3 is 0 Å². The number of fused-ring (bicyclic) bond motifs is 1. The smallest absolute Gasteiger partial charge is 0.264 e. The molecule has 0 unspecified atom stereocenters. The first-order valence-electron chi connectivity index (χ1n) is 12.8. The Balaban J connectivity index is 1.38. The van der Waals surface area contributed by atoms with Crippen molar-refractivity contribution >= 4 is 22.5 Å². The van der Waals surface area contributed by atoms with Crippen molar-refractivity contribution in [1.29, 1.82) is 0 Å². The molecule has 0 aliphatic heterocycles. The van der Waals surface area contributed by atoms with E-state index in [1.807, 2.05) is 91.0 Å². The number of hydrogen-bond acceptors (Lipinski definition) is 5. The van der Waals surface area contributed by atoms with E-state index in [0.717, 1.165) is 11.3 Å². The van der Waals surface area contributed by atoms with E-state index in [-0.39, 0.29) is 18.1 Å². The number of para-hydroxylation sites is 2. The van der Waals surface area contributed by atoms with E-state index in [9.17, 15) is 9.59 Å². The predicted octanol–water partition coefficient (Wildman–Crippen LogP) is 5.57. The van der Waals surface area contributed by atoms with E-state index < -0.39 is 0 Å². The summed E-state index contributed by atoms with van der Waals surface area (Å²) in [7, 11) is 1.58. The summed E-state index contributed by atoms with van der Waals surface area (Å²) in [5.41, 5.74) is 2.19. The molecule has 4 aromatic carbocycles. The summed E-state index contributed by atoms with van der Waals surface area (Å²) in [5, 5.41) is 0.569. The van der Waals surface area contributed by atoms with Gasteiger partial charge in [0, 0.05) is 30.4 Å². The molecule has 0 atom stereocenters. The van der Waals surface area contributed by atoms with Crippen molar-refractivity contribution in [1.82, 2.24) is 9.55 Å². The van der Waals surface area contributed by atoms with E-state index in [0.29, 0.717) is 47.7 Å². The van der Waals surface area contributed by atoms with Gasteiger partial charge in [0.25, 0.3) is 11.5 Å². The number of amides is 1. The summed E-state index contributed by atoms with van der Waals surface area (Å²) in [6.07, 6.45) is 0.541. The molecule has 0 aliphatic rings. The van der Waals surface area contributed by atoms with Crippen LogP contribution in [0, 0.1) is 0 Å². The molecule has 0 fully saturated rings. The molecule has 7 nitrogen and oxygen atoms in total. The first kappa shape index (κ1) is 25.7. The van der Waals surface area contributed by atoms with Crippen molar-refractivity contribution in [3.8, 4) is 22.9 Å². The highest BCUT2D eigenvalue weighted by atomic mass is 16.5. The topological polar surface area (TPSA) is 73.7 Å². The predicted molar refractivity (Wildman–Crippen MR) is 153 cm³/mol. The van der Waals surface area contributed by atoms with Crippen LogP contribution >= 0.6 is 0 Å². The molecular formula is C32H29N3O4. The number of benzene rings is 4. The first-order chi connectivity index (χ1) is 19.1. The number of rotatable bonds is 10. The van der Waals surface area contributed by atoms with Crippen LogP contribution in [-0.4, -0.2) is 35.7 Å². The van der Waals surface area contributed by atoms with Crippen molar-refractivity contribution in [3.05, 3.63) is 120 Å². The molecule has 196 valence electrons. The Morgan fingerprint density at radius 1 is 0.846 bits per heavy atom. The number of aromatic nitrogens is 2. The van der Waals surface area contributed by atoms with Crippen molar-refractivity contribution in [3.63, 3.8) is 0 Å². The van der Waals surface area contributed by atoms with Gasteiger partial charge in [0.1, 0.15) is 17.3 Å². The van der Waals surface area contributed by atoms with Crippen LogP contribution in [-0.2, 0) is 11.3 Å². The van der Waals surface area contributed by atoms with Crippen LogP contribution in [0.2, 0.25) is 0 Å². The molecular weight excluding hydrogens is 490 g/mol. The van der Waals surface area contributed by atoms with Crippen molar-refractivity contribution in [2.75, 3.05) is 25.2 Å². The number of carbonyl (C=O) groups excluding carboxylic acids is 1. The Morgan fingerprint density at radius 2 is 1.54 bits per heavy atom. The van der Waals surface area contributed by atoms with Crippen LogP contribution in [0.25, 0.3) is 22.3 Å². The largest absolute Gasteiger partial charge is 0.497 e. The van der Waals surface area contributed by atoms with Gasteiger partial charge in [-0.15, -0.1) is 0 Å². The van der Waals surface area contributed by atoms with Crippen LogP contribution in [0.5, 0.6) is 11.5 Å². The Hall–Kier alpha value is -4.91. The van der Waals surface area contributed by atoms with Gasteiger partial charge in [-0.3, -0.25) is 14.2 Å². The monoisotopic (exact) mass is 519 g/mol. The lowest BCUT2D eigenvalue weighted by Gasteiger charge is -2.23. The number of carbonyl (C=O) groups is 1. The quantitative estimate of drug-likeness (QED) is 0.241. The molecule has 1 amide bonds. The maximum atomic E-state index is 13.5. The molecule has 0 aliphatic carbocycles. The van der Waals surface area contributed by atoms with Crippen LogP contribution in [0.4, 0.5) is 5.69 Å². The lowest BCUT2D eigenvalue weighted by molar-refractivity contribution is -0.120. The molecule has 1 aromatic heterocycles. The molecule has 1 heterocycles. The van der Waals surface area contributed by atoms with E-state index in [1.54, 1.807) is 34.8 Å². The van der Waals surface area contributed by atoms with Crippen molar-refractivity contribution in [2.45, 2.75) is 13.0 Å². The average molecular weight is 520 g/mol. The minimum absolute atomic E-state index is 0.0987. The maximum absolute atomic E-state index is 13.5. The second-order valence-corrected chi connectivity index (χ2v) is 8.98. The molecule has 7 heteroatoms. The summed E-state index contributed by atoms with van der Waals surface area (Å²) in [4.78, 5) is 33.4. The summed E-state index contributed by atoms with van der Waals surface area (Å²) in [6.45, 7) is 0.668. The van der Waals surface area contributed by atoms with Crippen LogP contribution < -0.4 is 19.9 Å². The average Bonchev–Trinajstić information content (AvgIpc) is 3.00. The Kier molecular flexibility index (Phi) is 7.98. The molecule has 0 spiro atoms. The fourth-order valence-corrected chi connectivity index (χ4v) is 4.49. The lowest BCUT2D eigenvalue weighted by Crippen LogP contribution is -2.36. The zero-order chi connectivity index (χ0) is 27.0. The zero-order valence-electron chi connectivity index (χ0n) is 21.7. The molecule has 39 heavy (non-hydrogen) atoms. The Labute approximate surface area is 226 Å². The highest BCUT2D eigenvalue weighted by Gasteiger charge is 2.18. The summed E-state index contributed by atoms with van der Waals surface area (Å²) in [6, 6.07) is 33.7. The van der Waals surface area contributed by atoms with Gasteiger partial charge in [-0.05, 0) is 42.8 Å². The molecule has 5 aromatic rings. The van der Waals surface area contributed by atoms with E-state index >= 15 is 0 Å². The van der Waals surface area contributed by atoms with Gasteiger partial charge in [0.2, 0.25) is 0 Å². The summed E-state index contributed by atoms with van der Waals surface area (Å²) in [5.74, 6) is 1.63. The van der Waals surface area contributed by atoms with Gasteiger partial charge in [0.15, 0.2) is 6.61 Å². The van der Waals surface area contributed by atoms with Crippen LogP contribution in [0.3, 0.4) is 0 Å². The van der Waals surface area contributed by atoms with Crippen LogP contribution in [0.1, 0.15) is 6.42 Å². The highest BCUT2D eigenvalue weighted by Crippen LogP contribution is 2.21. The van der Waals surface area contributed by atoms with Crippen molar-refractivity contribution in [2.24, 2.45) is 0 Å². The highest BCUT2D eigenvalue weighted by molar-refractivity contribution is 5.94. The van der Waals surface area contributed by atoms with Gasteiger partial charge < -0.3 is 14.4 Å². The molecule has 0 N–H and O–H groups in total. The number of methoxy groups -OCH3 is 1. The minimum Gasteiger partial charge on any atom is -0.497 e. The standard InChI is InChI=1S/C32H29N3O4/c1-38-26-16-10-17-27(22-26)39-23-30(36)34(25-14-6-3-7-15-25)20-11-21-35-31(24-12-4-2-5-13-24)33-29-19-9-8-18-28(29)32(35)37/h2-10,12-19,22H,11,20-21,23H2,1H3. The normalized spacial score (nSPS) is 10.8. The second kappa shape index (κ2) is 12.1. The third kappa shape index (κ3) is 5.99. The second-order valence-electron chi connectivity index (χ2n) is 8.98. The lowest BCUT2D eigenvalue weighted by atomic mass is 10.1. The number of hydrogen-bond donors (Lipinski definition) is 0. The molecule has 0 bridgehead atoms. The number of ether oxygens (including phenoxy) is 2. The third-order valence-electron chi connectivity index (χ3n) is 6.43. The SMILES string of the molecule is COc1cccc(OCC(=O)N(CCCn2c(-c3ccccc3)nc3ccccc3c2=O)c2ccccc2)c1. The third-order valence-corrected chi connectivity index (χ3v) is 6.43. The van der Waals surface area contributed by atoms with Crippen LogP contribution in [0.15, 0.2) is 114 Å². The molecule has 0 radical (unpaired) electrons. The van der Waals surface area contributed by atoms with Gasteiger partial charge in [-0.1, -0.05) is 66.7 Å². The molecule has 5 rings (SSSR count).